The van der Waals surface area contributed by atoms with Gasteiger partial charge < -0.3 is 0 Å². The summed E-state index contributed by atoms with van der Waals surface area (Å²) < 4.78 is 184. The molecule has 158 valence electrons. The van der Waals surface area contributed by atoms with Crippen LogP contribution < -0.4 is 0 Å². The van der Waals surface area contributed by atoms with Crippen LogP contribution in [0.1, 0.15) is 28.8 Å². The molecule has 0 saturated carbocycles. The van der Waals surface area contributed by atoms with Gasteiger partial charge in [-0.15, -0.1) is 0 Å². The molecule has 7 aromatic carbocycles. The van der Waals surface area contributed by atoms with Gasteiger partial charge in [-0.2, -0.15) is 0 Å². The van der Waals surface area contributed by atoms with E-state index in [2.05, 4.69) is 0 Å². The second-order valence-corrected chi connectivity index (χ2v) is 7.33. The highest BCUT2D eigenvalue weighted by molar-refractivity contribution is 6.25. The largest absolute Gasteiger partial charge is 0.0629 e. The van der Waals surface area contributed by atoms with Gasteiger partial charge in [0.2, 0.25) is 0 Å². The second kappa shape index (κ2) is 7.57. The van der Waals surface area contributed by atoms with E-state index in [-0.39, 0.29) is 5.39 Å². The van der Waals surface area contributed by atoms with E-state index in [1.807, 2.05) is 0 Å². The van der Waals surface area contributed by atoms with Gasteiger partial charge in [0.1, 0.15) is 0 Å². The highest BCUT2D eigenvalue weighted by Gasteiger charge is 2.18. The Morgan fingerprint density at radius 2 is 0.706 bits per heavy atom. The molecular weight excluding hydrogens is 408 g/mol. The van der Waals surface area contributed by atoms with Crippen LogP contribution in [-0.2, 0) is 0 Å². The summed E-state index contributed by atoms with van der Waals surface area (Å²) in [4.78, 5) is 0. The molecule has 0 spiro atoms. The summed E-state index contributed by atoms with van der Waals surface area (Å²) in [5.41, 5.74) is -2.17. The minimum absolute atomic E-state index is 0.292. The summed E-state index contributed by atoms with van der Waals surface area (Å²) in [5, 5.41) is -4.07. The van der Waals surface area contributed by atoms with Crippen LogP contribution >= 0.6 is 0 Å². The molecule has 0 fully saturated rings. The number of hydrogen-bond acceptors (Lipinski definition) is 0. The molecule has 0 radical (unpaired) electrons. The first-order chi connectivity index (χ1) is 25.6. The molecule has 0 aliphatic carbocycles. The second-order valence-electron chi connectivity index (χ2n) is 7.33. The maximum Gasteiger partial charge on any atom is 0.0629 e. The average molecular weight is 452 g/mol. The SMILES string of the molecule is [2H]c1cc2c(-c3c4c([2H])c([2H])c([2H])c([2H])c4c(-c4c([2H])c([2H])c([2H])c5c([2H])c([2H])c([2H])c([2H])c45)c4c([2H])c([2H])c([2H])c([2H])c34)c([2H])c([2H])c([2H])c2c([2H])c1[2H]. The highest BCUT2D eigenvalue weighted by atomic mass is 14.2. The molecule has 0 nitrogen and oxygen atoms in total. The molecule has 0 unspecified atom stereocenters. The topological polar surface area (TPSA) is 0 Å². The fourth-order valence-electron chi connectivity index (χ4n) is 4.19. The Bertz CT molecular complexity index is 2890. The smallest absolute Gasteiger partial charge is 0.0616 e. The van der Waals surface area contributed by atoms with Gasteiger partial charge in [0.25, 0.3) is 0 Å². The quantitative estimate of drug-likeness (QED) is 0.229. The normalized spacial score (nSPS) is 20.2. The average Bonchev–Trinajstić information content (AvgIpc) is 3.15. The Morgan fingerprint density at radius 3 is 1.26 bits per heavy atom. The number of hydrogen-bond donors (Lipinski definition) is 0. The zero-order chi connectivity index (χ0) is 40.8. The molecule has 0 aliphatic heterocycles. The minimum atomic E-state index is -0.884. The van der Waals surface area contributed by atoms with Gasteiger partial charge in [0.15, 0.2) is 0 Å². The van der Waals surface area contributed by atoms with Crippen LogP contribution in [-0.4, -0.2) is 0 Å². The van der Waals surface area contributed by atoms with Gasteiger partial charge >= 0.3 is 0 Å². The van der Waals surface area contributed by atoms with E-state index in [0.717, 1.165) is 6.07 Å². The van der Waals surface area contributed by atoms with Crippen molar-refractivity contribution in [3.8, 4) is 22.3 Å². The summed E-state index contributed by atoms with van der Waals surface area (Å²) in [6, 6.07) is -15.9. The molecule has 7 aromatic rings. The Labute approximate surface area is 228 Å². The van der Waals surface area contributed by atoms with Crippen molar-refractivity contribution < 1.29 is 28.8 Å². The van der Waals surface area contributed by atoms with E-state index < -0.39 is 187 Å². The fraction of sp³-hybridized carbons (Fsp3) is 0. The lowest BCUT2D eigenvalue weighted by Crippen LogP contribution is -1.92. The molecule has 7 rings (SSSR count). The zero-order valence-corrected chi connectivity index (χ0v) is 17.1. The van der Waals surface area contributed by atoms with Gasteiger partial charge in [-0.25, -0.2) is 0 Å². The Hall–Kier alpha value is -4.42. The van der Waals surface area contributed by atoms with Crippen molar-refractivity contribution in [3.05, 3.63) is 133 Å². The molecular formula is C34H22. The van der Waals surface area contributed by atoms with Crippen molar-refractivity contribution >= 4 is 43.1 Å². The van der Waals surface area contributed by atoms with Crippen molar-refractivity contribution in [2.75, 3.05) is 0 Å². The lowest BCUT2D eigenvalue weighted by Gasteiger charge is -2.19. The van der Waals surface area contributed by atoms with E-state index in [1.54, 1.807) is 0 Å². The van der Waals surface area contributed by atoms with Crippen LogP contribution in [0, 0.1) is 0 Å². The number of fused-ring (bicyclic) bond motifs is 4. The van der Waals surface area contributed by atoms with E-state index in [9.17, 15) is 5.48 Å². The van der Waals surface area contributed by atoms with E-state index in [4.69, 9.17) is 23.3 Å². The van der Waals surface area contributed by atoms with Crippen LogP contribution in [0.4, 0.5) is 0 Å². The molecule has 0 saturated heterocycles. The summed E-state index contributed by atoms with van der Waals surface area (Å²) >= 11 is 0. The van der Waals surface area contributed by atoms with Crippen LogP contribution in [0.2, 0.25) is 0 Å². The molecule has 0 heterocycles. The van der Waals surface area contributed by atoms with E-state index in [1.165, 1.54) is 0 Å². The predicted molar refractivity (Wildman–Crippen MR) is 147 cm³/mol. The molecule has 34 heavy (non-hydrogen) atoms. The maximum absolute atomic E-state index is 9.23. The Morgan fingerprint density at radius 1 is 0.324 bits per heavy atom. The minimum Gasteiger partial charge on any atom is -0.0616 e. The summed E-state index contributed by atoms with van der Waals surface area (Å²) in [5.74, 6) is 0. The van der Waals surface area contributed by atoms with Crippen LogP contribution in [0.25, 0.3) is 65.3 Å². The monoisotopic (exact) mass is 451 g/mol. The highest BCUT2D eigenvalue weighted by Crippen LogP contribution is 2.46. The summed E-state index contributed by atoms with van der Waals surface area (Å²) in [6.07, 6.45) is 0. The van der Waals surface area contributed by atoms with Crippen LogP contribution in [0.3, 0.4) is 0 Å². The van der Waals surface area contributed by atoms with Crippen molar-refractivity contribution in [1.29, 1.82) is 0 Å². The van der Waals surface area contributed by atoms with Gasteiger partial charge in [0, 0.05) is 0 Å². The third-order valence-corrected chi connectivity index (χ3v) is 5.58. The van der Waals surface area contributed by atoms with E-state index >= 15 is 0 Å². The molecule has 0 amide bonds. The lowest BCUT2D eigenvalue weighted by molar-refractivity contribution is 1.68. The van der Waals surface area contributed by atoms with E-state index in [0.29, 0.717) is 0 Å². The zero-order valence-electron chi connectivity index (χ0n) is 38.1. The Balaban J connectivity index is 1.98. The fourth-order valence-corrected chi connectivity index (χ4v) is 4.19. The molecule has 0 heteroatoms. The first-order valence-corrected chi connectivity index (χ1v) is 10.1. The van der Waals surface area contributed by atoms with Crippen molar-refractivity contribution in [2.45, 2.75) is 0 Å². The molecule has 0 atom stereocenters. The maximum atomic E-state index is 9.23. The lowest BCUT2D eigenvalue weighted by atomic mass is 9.84. The van der Waals surface area contributed by atoms with Crippen molar-refractivity contribution in [1.82, 2.24) is 0 Å². The van der Waals surface area contributed by atoms with Gasteiger partial charge in [0.05, 0.1) is 28.8 Å². The summed E-state index contributed by atoms with van der Waals surface area (Å²) in [7, 11) is 0. The van der Waals surface area contributed by atoms with Gasteiger partial charge in [-0.1, -0.05) is 133 Å². The third-order valence-electron chi connectivity index (χ3n) is 5.58. The summed E-state index contributed by atoms with van der Waals surface area (Å²) in [6.45, 7) is 0. The number of rotatable bonds is 2. The third kappa shape index (κ3) is 2.79. The van der Waals surface area contributed by atoms with Crippen LogP contribution in [0.5, 0.6) is 0 Å². The molecule has 0 bridgehead atoms. The van der Waals surface area contributed by atoms with Gasteiger partial charge in [-0.05, 0) is 65.3 Å². The number of benzene rings is 7. The first-order valence-electron chi connectivity index (χ1n) is 20.6. The van der Waals surface area contributed by atoms with Crippen LogP contribution in [0.15, 0.2) is 133 Å². The Kier molecular flexibility index (Phi) is 1.68. The van der Waals surface area contributed by atoms with Crippen molar-refractivity contribution in [3.63, 3.8) is 0 Å². The molecule has 0 aliphatic rings. The molecule has 0 aromatic heterocycles. The standard InChI is InChI=1S/C34H22/c1-3-15-25-23(11-1)13-9-21-27(25)33-29-17-5-7-19-31(29)34(32-20-8-6-18-30(32)33)28-22-10-14-24-12-2-4-16-26(24)28/h1-22H/i1D,2D,3D,4D,5D,6D,7D,8D,9D,10D,11D,12D,13D,14D,15D,17D,18D,19D,20D,21D,22D. The first kappa shape index (κ1) is 7.55. The van der Waals surface area contributed by atoms with Crippen molar-refractivity contribution in [2.24, 2.45) is 0 Å². The predicted octanol–water partition coefficient (Wildman–Crippen LogP) is 9.63. The molecule has 0 N–H and O–H groups in total. The van der Waals surface area contributed by atoms with Gasteiger partial charge in [-0.3, -0.25) is 0 Å².